The third-order valence-corrected chi connectivity index (χ3v) is 4.75. The van der Waals surface area contributed by atoms with Crippen LogP contribution in [0.3, 0.4) is 0 Å². The van der Waals surface area contributed by atoms with Gasteiger partial charge in [0.15, 0.2) is 0 Å². The van der Waals surface area contributed by atoms with E-state index in [1.54, 1.807) is 0 Å². The number of likely N-dealkylation sites (N-methyl/N-ethyl adjacent to an activating group) is 1. The van der Waals surface area contributed by atoms with Gasteiger partial charge in [-0.1, -0.05) is 38.8 Å². The lowest BCUT2D eigenvalue weighted by Crippen LogP contribution is -2.61. The summed E-state index contributed by atoms with van der Waals surface area (Å²) < 4.78 is 0. The van der Waals surface area contributed by atoms with Crippen molar-refractivity contribution >= 4 is 5.91 Å². The Morgan fingerprint density at radius 2 is 1.77 bits per heavy atom. The highest BCUT2D eigenvalue weighted by atomic mass is 16.2. The summed E-state index contributed by atoms with van der Waals surface area (Å²) in [5, 5.41) is 0. The van der Waals surface area contributed by atoms with Crippen molar-refractivity contribution in [1.82, 2.24) is 9.80 Å². The maximum atomic E-state index is 12.9. The average molecular weight is 309 g/mol. The summed E-state index contributed by atoms with van der Waals surface area (Å²) in [4.78, 5) is 17.3. The second-order valence-electron chi connectivity index (χ2n) is 7.74. The van der Waals surface area contributed by atoms with Gasteiger partial charge in [0, 0.05) is 5.54 Å². The van der Waals surface area contributed by atoms with Gasteiger partial charge in [-0.3, -0.25) is 9.69 Å². The fraction of sp³-hybridized carbons (Fsp3) is 0.842. The molecule has 3 heteroatoms. The van der Waals surface area contributed by atoms with E-state index in [-0.39, 0.29) is 17.0 Å². The van der Waals surface area contributed by atoms with Gasteiger partial charge in [-0.05, 0) is 60.0 Å². The van der Waals surface area contributed by atoms with Gasteiger partial charge in [0.2, 0.25) is 5.91 Å². The van der Waals surface area contributed by atoms with Crippen LogP contribution in [0.25, 0.3) is 0 Å². The van der Waals surface area contributed by atoms with Crippen LogP contribution in [0.1, 0.15) is 74.1 Å². The van der Waals surface area contributed by atoms with Gasteiger partial charge in [-0.15, -0.1) is 0 Å². The molecule has 0 unspecified atom stereocenters. The largest absolute Gasteiger partial charge is 0.328 e. The first kappa shape index (κ1) is 19.2. The molecule has 128 valence electrons. The Labute approximate surface area is 137 Å². The third kappa shape index (κ3) is 4.58. The number of hydrogen-bond donors (Lipinski definition) is 0. The highest BCUT2D eigenvalue weighted by molar-refractivity contribution is 5.80. The van der Waals surface area contributed by atoms with E-state index in [2.05, 4.69) is 64.3 Å². The summed E-state index contributed by atoms with van der Waals surface area (Å²) in [7, 11) is 0. The zero-order valence-electron chi connectivity index (χ0n) is 15.8. The van der Waals surface area contributed by atoms with Crippen LogP contribution >= 0.6 is 0 Å². The van der Waals surface area contributed by atoms with E-state index in [1.165, 1.54) is 24.8 Å². The first-order chi connectivity index (χ1) is 10.2. The van der Waals surface area contributed by atoms with Crippen molar-refractivity contribution in [2.75, 3.05) is 19.6 Å². The molecule has 0 saturated carbocycles. The van der Waals surface area contributed by atoms with E-state index in [0.29, 0.717) is 6.54 Å². The van der Waals surface area contributed by atoms with Crippen molar-refractivity contribution in [3.63, 3.8) is 0 Å². The van der Waals surface area contributed by atoms with Crippen LogP contribution in [0.4, 0.5) is 0 Å². The molecule has 0 radical (unpaired) electrons. The molecule has 1 aliphatic heterocycles. The smallest absolute Gasteiger partial charge is 0.237 e. The number of nitrogens with zero attached hydrogens (tertiary/aromatic N) is 2. The van der Waals surface area contributed by atoms with Crippen LogP contribution in [0.5, 0.6) is 0 Å². The lowest BCUT2D eigenvalue weighted by atomic mass is 9.79. The van der Waals surface area contributed by atoms with E-state index < -0.39 is 0 Å². The van der Waals surface area contributed by atoms with Crippen molar-refractivity contribution in [3.8, 4) is 0 Å². The second-order valence-corrected chi connectivity index (χ2v) is 7.74. The molecule has 0 aromatic rings. The number of unbranched alkanes of at least 4 members (excludes halogenated alkanes) is 1. The van der Waals surface area contributed by atoms with Crippen molar-refractivity contribution in [3.05, 3.63) is 11.6 Å². The number of amides is 1. The lowest BCUT2D eigenvalue weighted by Gasteiger charge is -2.52. The van der Waals surface area contributed by atoms with Crippen LogP contribution in [-0.2, 0) is 4.79 Å². The average Bonchev–Trinajstić information content (AvgIpc) is 2.39. The van der Waals surface area contributed by atoms with Gasteiger partial charge in [-0.25, -0.2) is 0 Å². The number of carbonyl (C=O) groups is 1. The van der Waals surface area contributed by atoms with E-state index in [4.69, 9.17) is 0 Å². The summed E-state index contributed by atoms with van der Waals surface area (Å²) in [6.45, 7) is 17.6. The molecule has 0 saturated heterocycles. The molecule has 1 heterocycles. The number of carbonyl (C=O) groups excluding carboxylic acids is 1. The molecule has 0 N–H and O–H groups in total. The Bertz CT molecular complexity index is 406. The lowest BCUT2D eigenvalue weighted by molar-refractivity contribution is -0.144. The quantitative estimate of drug-likeness (QED) is 0.657. The van der Waals surface area contributed by atoms with Gasteiger partial charge < -0.3 is 4.90 Å². The first-order valence-corrected chi connectivity index (χ1v) is 8.94. The SMILES string of the molecule is CCCCC1=CC(C)(C)N(C(=O)CN(CC)CC)C(C)(C)C1. The predicted molar refractivity (Wildman–Crippen MR) is 95.0 cm³/mol. The van der Waals surface area contributed by atoms with E-state index in [9.17, 15) is 4.79 Å². The van der Waals surface area contributed by atoms with E-state index >= 15 is 0 Å². The molecule has 0 fully saturated rings. The number of hydrogen-bond acceptors (Lipinski definition) is 2. The zero-order valence-corrected chi connectivity index (χ0v) is 15.8. The van der Waals surface area contributed by atoms with Gasteiger partial charge in [0.1, 0.15) is 0 Å². The van der Waals surface area contributed by atoms with E-state index in [0.717, 1.165) is 19.5 Å². The molecule has 0 atom stereocenters. The first-order valence-electron chi connectivity index (χ1n) is 8.94. The van der Waals surface area contributed by atoms with Crippen LogP contribution in [0.15, 0.2) is 11.6 Å². The molecule has 1 rings (SSSR count). The Hall–Kier alpha value is -0.830. The van der Waals surface area contributed by atoms with Gasteiger partial charge in [0.25, 0.3) is 0 Å². The van der Waals surface area contributed by atoms with Crippen LogP contribution in [-0.4, -0.2) is 46.4 Å². The van der Waals surface area contributed by atoms with Gasteiger partial charge >= 0.3 is 0 Å². The summed E-state index contributed by atoms with van der Waals surface area (Å²) in [5.41, 5.74) is 1.21. The standard InChI is InChI=1S/C19H36N2O/c1-8-11-12-16-13-18(4,5)21(19(6,7)14-16)17(22)15-20(9-2)10-3/h13H,8-12,14-15H2,1-7H3. The molecule has 0 aromatic carbocycles. The molecule has 22 heavy (non-hydrogen) atoms. The zero-order chi connectivity index (χ0) is 17.0. The fourth-order valence-corrected chi connectivity index (χ4v) is 3.96. The molecule has 3 nitrogen and oxygen atoms in total. The van der Waals surface area contributed by atoms with Crippen LogP contribution in [0, 0.1) is 0 Å². The van der Waals surface area contributed by atoms with Crippen LogP contribution < -0.4 is 0 Å². The maximum Gasteiger partial charge on any atom is 0.237 e. The molecule has 1 aliphatic rings. The summed E-state index contributed by atoms with van der Waals surface area (Å²) in [6.07, 6.45) is 6.98. The normalized spacial score (nSPS) is 20.2. The molecular weight excluding hydrogens is 272 g/mol. The molecule has 0 bridgehead atoms. The summed E-state index contributed by atoms with van der Waals surface area (Å²) >= 11 is 0. The van der Waals surface area contributed by atoms with Crippen molar-refractivity contribution in [2.24, 2.45) is 0 Å². The minimum Gasteiger partial charge on any atom is -0.328 e. The molecular formula is C19H36N2O. The summed E-state index contributed by atoms with van der Waals surface area (Å²) in [6, 6.07) is 0. The molecule has 0 aromatic heterocycles. The molecule has 0 aliphatic carbocycles. The summed E-state index contributed by atoms with van der Waals surface area (Å²) in [5.74, 6) is 0.254. The van der Waals surface area contributed by atoms with Crippen molar-refractivity contribution < 1.29 is 4.79 Å². The van der Waals surface area contributed by atoms with E-state index in [1.807, 2.05) is 0 Å². The van der Waals surface area contributed by atoms with Crippen LogP contribution in [0.2, 0.25) is 0 Å². The second kappa shape index (κ2) is 7.63. The molecule has 0 spiro atoms. The van der Waals surface area contributed by atoms with Crippen molar-refractivity contribution in [2.45, 2.75) is 85.2 Å². The fourth-order valence-electron chi connectivity index (χ4n) is 3.96. The predicted octanol–water partition coefficient (Wildman–Crippen LogP) is 4.23. The Morgan fingerprint density at radius 3 is 2.23 bits per heavy atom. The third-order valence-electron chi connectivity index (χ3n) is 4.75. The highest BCUT2D eigenvalue weighted by Crippen LogP contribution is 2.39. The Kier molecular flexibility index (Phi) is 6.66. The highest BCUT2D eigenvalue weighted by Gasteiger charge is 2.43. The number of rotatable bonds is 7. The van der Waals surface area contributed by atoms with Crippen molar-refractivity contribution in [1.29, 1.82) is 0 Å². The molecule has 1 amide bonds. The Balaban J connectivity index is 2.98. The Morgan fingerprint density at radius 1 is 1.18 bits per heavy atom. The monoisotopic (exact) mass is 308 g/mol. The minimum absolute atomic E-state index is 0.106. The van der Waals surface area contributed by atoms with Gasteiger partial charge in [0.05, 0.1) is 12.1 Å². The minimum atomic E-state index is -0.199. The van der Waals surface area contributed by atoms with Gasteiger partial charge in [-0.2, -0.15) is 0 Å². The maximum absolute atomic E-state index is 12.9. The topological polar surface area (TPSA) is 23.6 Å².